The molecule has 4 aromatic heterocycles. The number of hydrogen-bond acceptors (Lipinski definition) is 4. The lowest BCUT2D eigenvalue weighted by Gasteiger charge is -2.14. The molecule has 0 saturated carbocycles. The van der Waals surface area contributed by atoms with Crippen LogP contribution < -0.4 is 0 Å². The van der Waals surface area contributed by atoms with E-state index in [9.17, 15) is 0 Å². The van der Waals surface area contributed by atoms with Crippen LogP contribution in [0.3, 0.4) is 0 Å². The second-order valence-corrected chi connectivity index (χ2v) is 18.0. The van der Waals surface area contributed by atoms with Crippen LogP contribution in [0.2, 0.25) is 0 Å². The molecule has 6 nitrogen and oxygen atoms in total. The Balaban J connectivity index is 1.08. The van der Waals surface area contributed by atoms with Crippen molar-refractivity contribution in [3.8, 4) is 45.5 Å². The van der Waals surface area contributed by atoms with Crippen LogP contribution in [0.4, 0.5) is 0 Å². The fourth-order valence-electron chi connectivity index (χ4n) is 11.0. The number of hydrogen-bond donors (Lipinski definition) is 0. The first-order valence-electron chi connectivity index (χ1n) is 23.3. The van der Waals surface area contributed by atoms with Gasteiger partial charge in [0.1, 0.15) is 11.2 Å². The van der Waals surface area contributed by atoms with E-state index in [1.165, 1.54) is 32.3 Å². The molecule has 69 heavy (non-hydrogen) atoms. The zero-order valence-corrected chi connectivity index (χ0v) is 37.0. The first kappa shape index (κ1) is 37.8. The first-order valence-corrected chi connectivity index (χ1v) is 23.3. The van der Waals surface area contributed by atoms with Gasteiger partial charge in [-0.1, -0.05) is 170 Å². The van der Waals surface area contributed by atoms with Crippen molar-refractivity contribution in [2.75, 3.05) is 0 Å². The summed E-state index contributed by atoms with van der Waals surface area (Å²) in [6.07, 6.45) is 0. The number of aromatic nitrogens is 5. The lowest BCUT2D eigenvalue weighted by Crippen LogP contribution is -2.07. The fourth-order valence-corrected chi connectivity index (χ4v) is 11.0. The molecule has 0 aliphatic heterocycles. The van der Waals surface area contributed by atoms with Gasteiger partial charge in [0.15, 0.2) is 11.6 Å². The van der Waals surface area contributed by atoms with E-state index in [2.05, 4.69) is 228 Å². The number of para-hydroxylation sites is 2. The summed E-state index contributed by atoms with van der Waals surface area (Å²) in [6, 6.07) is 79.8. The summed E-state index contributed by atoms with van der Waals surface area (Å²) in [5, 5.41) is 13.7. The summed E-state index contributed by atoms with van der Waals surface area (Å²) in [6.45, 7) is 0. The smallest absolute Gasteiger partial charge is 0.238 e. The highest BCUT2D eigenvalue weighted by atomic mass is 16.3. The zero-order valence-electron chi connectivity index (χ0n) is 37.0. The van der Waals surface area contributed by atoms with E-state index in [-0.39, 0.29) is 0 Å². The van der Waals surface area contributed by atoms with Gasteiger partial charge in [0.2, 0.25) is 5.95 Å². The Morgan fingerprint density at radius 2 is 0.899 bits per heavy atom. The van der Waals surface area contributed by atoms with Crippen LogP contribution in [-0.2, 0) is 0 Å². The van der Waals surface area contributed by atoms with Gasteiger partial charge in [-0.25, -0.2) is 4.98 Å². The number of benzene rings is 11. The van der Waals surface area contributed by atoms with Crippen molar-refractivity contribution in [2.45, 2.75) is 0 Å². The second kappa shape index (κ2) is 14.6. The summed E-state index contributed by atoms with van der Waals surface area (Å²) < 4.78 is 11.8. The van der Waals surface area contributed by atoms with Gasteiger partial charge in [0, 0.05) is 43.4 Å². The summed E-state index contributed by atoms with van der Waals surface area (Å²) >= 11 is 0. The maximum Gasteiger partial charge on any atom is 0.238 e. The highest BCUT2D eigenvalue weighted by molar-refractivity contribution is 6.25. The zero-order chi connectivity index (χ0) is 45.2. The van der Waals surface area contributed by atoms with Crippen molar-refractivity contribution in [3.05, 3.63) is 224 Å². The van der Waals surface area contributed by atoms with Crippen molar-refractivity contribution in [1.29, 1.82) is 0 Å². The van der Waals surface area contributed by atoms with E-state index in [1.54, 1.807) is 0 Å². The minimum atomic E-state index is 0.532. The van der Waals surface area contributed by atoms with Crippen LogP contribution in [0.15, 0.2) is 229 Å². The summed E-state index contributed by atoms with van der Waals surface area (Å²) in [5.74, 6) is 1.64. The van der Waals surface area contributed by atoms with E-state index in [0.717, 1.165) is 93.5 Å². The van der Waals surface area contributed by atoms with Crippen LogP contribution in [-0.4, -0.2) is 24.1 Å². The molecule has 6 heteroatoms. The first-order chi connectivity index (χ1) is 34.2. The van der Waals surface area contributed by atoms with Gasteiger partial charge in [-0.05, 0) is 92.7 Å². The average Bonchev–Trinajstić information content (AvgIpc) is 4.08. The van der Waals surface area contributed by atoms with Gasteiger partial charge in [-0.15, -0.1) is 0 Å². The summed E-state index contributed by atoms with van der Waals surface area (Å²) in [7, 11) is 0. The molecule has 15 rings (SSSR count). The molecule has 0 aliphatic rings. The molecule has 0 fully saturated rings. The molecule has 0 N–H and O–H groups in total. The third-order valence-electron chi connectivity index (χ3n) is 14.1. The number of nitrogens with zero attached hydrogens (tertiary/aromatic N) is 5. The van der Waals surface area contributed by atoms with E-state index < -0.39 is 0 Å². The Labute approximate surface area is 394 Å². The van der Waals surface area contributed by atoms with E-state index >= 15 is 0 Å². The topological polar surface area (TPSA) is 61.7 Å². The number of rotatable bonds is 5. The van der Waals surface area contributed by atoms with Crippen molar-refractivity contribution < 1.29 is 4.42 Å². The minimum Gasteiger partial charge on any atom is -0.455 e. The van der Waals surface area contributed by atoms with Crippen LogP contribution in [0.25, 0.3) is 143 Å². The molecule has 15 aromatic rings. The molecule has 320 valence electrons. The van der Waals surface area contributed by atoms with Crippen LogP contribution in [0.5, 0.6) is 0 Å². The second-order valence-electron chi connectivity index (χ2n) is 18.0. The number of fused-ring (bicyclic) bond motifs is 14. The Morgan fingerprint density at radius 1 is 0.304 bits per heavy atom. The lowest BCUT2D eigenvalue weighted by molar-refractivity contribution is 0.672. The van der Waals surface area contributed by atoms with Gasteiger partial charge < -0.3 is 8.98 Å². The van der Waals surface area contributed by atoms with E-state index in [1.807, 2.05) is 6.07 Å². The monoisotopic (exact) mass is 879 g/mol. The van der Waals surface area contributed by atoms with Gasteiger partial charge in [-0.2, -0.15) is 9.97 Å². The molecule has 0 aliphatic carbocycles. The van der Waals surface area contributed by atoms with Gasteiger partial charge in [0.25, 0.3) is 0 Å². The van der Waals surface area contributed by atoms with Crippen molar-refractivity contribution in [2.24, 2.45) is 0 Å². The normalized spacial score (nSPS) is 12.1. The summed E-state index contributed by atoms with van der Waals surface area (Å²) in [5.41, 5.74) is 10.7. The van der Waals surface area contributed by atoms with Crippen LogP contribution >= 0.6 is 0 Å². The predicted octanol–water partition coefficient (Wildman–Crippen LogP) is 16.4. The SMILES string of the molecule is c1ccc(-c2cccc(-c3nc(-c4cc(-n5c6cc7ccccc7cc6c6c7ccccc7ccc65)c5c(c4)oc4c6ccccc6ccc45)nc(-n4c5ccccc5c5ccccc54)n3)c2)cc1. The predicted molar refractivity (Wildman–Crippen MR) is 285 cm³/mol. The van der Waals surface area contributed by atoms with Gasteiger partial charge >= 0.3 is 0 Å². The summed E-state index contributed by atoms with van der Waals surface area (Å²) in [4.78, 5) is 16.3. The van der Waals surface area contributed by atoms with E-state index in [0.29, 0.717) is 17.6 Å². The molecule has 11 aromatic carbocycles. The van der Waals surface area contributed by atoms with Crippen LogP contribution in [0, 0.1) is 0 Å². The molecule has 4 heterocycles. The third kappa shape index (κ3) is 5.69. The van der Waals surface area contributed by atoms with Crippen molar-refractivity contribution >= 4 is 97.9 Å². The molecular weight excluding hydrogens is 843 g/mol. The van der Waals surface area contributed by atoms with Crippen LogP contribution in [0.1, 0.15) is 0 Å². The van der Waals surface area contributed by atoms with Crippen molar-refractivity contribution in [1.82, 2.24) is 24.1 Å². The molecule has 0 saturated heterocycles. The van der Waals surface area contributed by atoms with Crippen molar-refractivity contribution in [3.63, 3.8) is 0 Å². The molecule has 0 bridgehead atoms. The fraction of sp³-hybridized carbons (Fsp3) is 0. The Hall–Kier alpha value is -9.39. The molecular formula is C63H37N5O. The average molecular weight is 880 g/mol. The van der Waals surface area contributed by atoms with Gasteiger partial charge in [0.05, 0.1) is 33.1 Å². The maximum absolute atomic E-state index is 7.14. The Bertz CT molecular complexity index is 4560. The molecule has 0 atom stereocenters. The quantitative estimate of drug-likeness (QED) is 0.173. The third-order valence-corrected chi connectivity index (χ3v) is 14.1. The molecule has 0 radical (unpaired) electrons. The van der Waals surface area contributed by atoms with Gasteiger partial charge in [-0.3, -0.25) is 4.57 Å². The van der Waals surface area contributed by atoms with E-state index in [4.69, 9.17) is 19.4 Å². The number of furan rings is 1. The largest absolute Gasteiger partial charge is 0.455 e. The minimum absolute atomic E-state index is 0.532. The highest BCUT2D eigenvalue weighted by Crippen LogP contribution is 2.45. The molecule has 0 unspecified atom stereocenters. The lowest BCUT2D eigenvalue weighted by atomic mass is 10.0. The Kier molecular flexibility index (Phi) is 7.97. The molecule has 0 amide bonds. The Morgan fingerprint density at radius 3 is 1.67 bits per heavy atom. The molecule has 0 spiro atoms. The standard InChI is InChI=1S/C63H37N5O/c1-2-15-38(16-3-1)41-21-14-22-44(33-41)61-64-62(66-63(65-61)68-52-27-12-10-25-48(52)49-26-11-13-28-53(49)68)45-36-56(59-50-31-29-40-18-7-9-24-47(40)60(50)69-57(59)37-45)67-54-32-30-39-17-6-8-23-46(39)58(54)51-34-42-19-4-5-20-43(42)35-55(51)67/h1-37H. The highest BCUT2D eigenvalue weighted by Gasteiger charge is 2.24. The maximum atomic E-state index is 7.14.